The highest BCUT2D eigenvalue weighted by molar-refractivity contribution is 5.88. The van der Waals surface area contributed by atoms with Crippen molar-refractivity contribution in [1.82, 2.24) is 0 Å². The van der Waals surface area contributed by atoms with Crippen LogP contribution in [-0.4, -0.2) is 5.97 Å². The molecule has 5 heteroatoms. The summed E-state index contributed by atoms with van der Waals surface area (Å²) < 4.78 is 23.9. The van der Waals surface area contributed by atoms with Crippen molar-refractivity contribution >= 4 is 16.9 Å². The van der Waals surface area contributed by atoms with Gasteiger partial charge in [-0.3, -0.25) is 9.59 Å². The zero-order valence-electron chi connectivity index (χ0n) is 12.6. The molecule has 116 valence electrons. The van der Waals surface area contributed by atoms with Crippen molar-refractivity contribution in [2.75, 3.05) is 0 Å². The average molecular weight is 312 g/mol. The Balaban J connectivity index is 2.24. The van der Waals surface area contributed by atoms with Crippen LogP contribution in [0.15, 0.2) is 51.7 Å². The fourth-order valence-corrected chi connectivity index (χ4v) is 2.38. The fourth-order valence-electron chi connectivity index (χ4n) is 2.38. The molecule has 1 heterocycles. The van der Waals surface area contributed by atoms with E-state index in [1.165, 1.54) is 37.3 Å². The summed E-state index contributed by atoms with van der Waals surface area (Å²) in [5.41, 5.74) is 1.35. The van der Waals surface area contributed by atoms with Crippen molar-refractivity contribution in [3.8, 4) is 17.1 Å². The van der Waals surface area contributed by atoms with Crippen LogP contribution >= 0.6 is 0 Å². The van der Waals surface area contributed by atoms with Crippen molar-refractivity contribution in [1.29, 1.82) is 0 Å². The van der Waals surface area contributed by atoms with Crippen molar-refractivity contribution in [3.63, 3.8) is 0 Å². The predicted molar refractivity (Wildman–Crippen MR) is 83.9 cm³/mol. The minimum Gasteiger partial charge on any atom is -0.456 e. The molecular weight excluding hydrogens is 299 g/mol. The van der Waals surface area contributed by atoms with Gasteiger partial charge in [0, 0.05) is 18.6 Å². The molecule has 0 spiro atoms. The quantitative estimate of drug-likeness (QED) is 0.533. The lowest BCUT2D eigenvalue weighted by Crippen LogP contribution is -2.07. The molecule has 0 aliphatic heterocycles. The molecular formula is C18H13FO4. The van der Waals surface area contributed by atoms with E-state index in [1.54, 1.807) is 19.1 Å². The van der Waals surface area contributed by atoms with Gasteiger partial charge in [-0.2, -0.15) is 0 Å². The van der Waals surface area contributed by atoms with E-state index in [-0.39, 0.29) is 22.4 Å². The number of hydrogen-bond donors (Lipinski definition) is 0. The summed E-state index contributed by atoms with van der Waals surface area (Å²) in [6, 6.07) is 10.2. The summed E-state index contributed by atoms with van der Waals surface area (Å²) in [4.78, 5) is 23.6. The van der Waals surface area contributed by atoms with Gasteiger partial charge in [0.1, 0.15) is 28.3 Å². The molecule has 0 aliphatic rings. The molecule has 23 heavy (non-hydrogen) atoms. The number of aryl methyl sites for hydroxylation is 1. The van der Waals surface area contributed by atoms with E-state index >= 15 is 0 Å². The molecule has 0 fully saturated rings. The lowest BCUT2D eigenvalue weighted by atomic mass is 10.1. The third-order valence-electron chi connectivity index (χ3n) is 3.32. The second-order valence-electron chi connectivity index (χ2n) is 5.21. The van der Waals surface area contributed by atoms with E-state index in [2.05, 4.69) is 0 Å². The van der Waals surface area contributed by atoms with Gasteiger partial charge >= 0.3 is 5.97 Å². The number of benzene rings is 2. The molecule has 3 aromatic rings. The summed E-state index contributed by atoms with van der Waals surface area (Å²) >= 11 is 0. The van der Waals surface area contributed by atoms with Crippen LogP contribution in [0.1, 0.15) is 12.5 Å². The van der Waals surface area contributed by atoms with E-state index < -0.39 is 5.97 Å². The number of ether oxygens (including phenoxy) is 1. The van der Waals surface area contributed by atoms with Gasteiger partial charge < -0.3 is 9.15 Å². The third kappa shape index (κ3) is 2.99. The fraction of sp³-hybridized carbons (Fsp3) is 0.111. The zero-order valence-corrected chi connectivity index (χ0v) is 12.6. The molecule has 0 radical (unpaired) electrons. The number of esters is 1. The lowest BCUT2D eigenvalue weighted by molar-refractivity contribution is -0.131. The maximum atomic E-state index is 13.0. The minimum atomic E-state index is -0.515. The lowest BCUT2D eigenvalue weighted by Gasteiger charge is -2.08. The van der Waals surface area contributed by atoms with Gasteiger partial charge in [0.05, 0.1) is 0 Å². The average Bonchev–Trinajstić information content (AvgIpc) is 2.46. The summed E-state index contributed by atoms with van der Waals surface area (Å²) in [6.07, 6.45) is 0. The molecule has 0 saturated carbocycles. The van der Waals surface area contributed by atoms with Gasteiger partial charge in [0.25, 0.3) is 0 Å². The molecule has 0 saturated heterocycles. The Bertz CT molecular complexity index is 955. The Morgan fingerprint density at radius 2 is 1.83 bits per heavy atom. The van der Waals surface area contributed by atoms with Crippen molar-refractivity contribution < 1.29 is 18.3 Å². The van der Waals surface area contributed by atoms with Crippen LogP contribution in [0.4, 0.5) is 4.39 Å². The summed E-state index contributed by atoms with van der Waals surface area (Å²) in [7, 11) is 0. The first-order valence-electron chi connectivity index (χ1n) is 6.97. The number of hydrogen-bond acceptors (Lipinski definition) is 4. The SMILES string of the molecule is CC(=O)Oc1cc(C)cc2oc(-c3ccc(F)cc3)cc(=O)c12. The molecule has 0 N–H and O–H groups in total. The minimum absolute atomic E-state index is 0.173. The van der Waals surface area contributed by atoms with E-state index in [9.17, 15) is 14.0 Å². The molecule has 0 aliphatic carbocycles. The van der Waals surface area contributed by atoms with Gasteiger partial charge in [0.2, 0.25) is 0 Å². The van der Waals surface area contributed by atoms with Crippen LogP contribution in [-0.2, 0) is 4.79 Å². The topological polar surface area (TPSA) is 56.5 Å². The Labute approximate surface area is 131 Å². The Morgan fingerprint density at radius 3 is 2.48 bits per heavy atom. The van der Waals surface area contributed by atoms with Crippen molar-refractivity contribution in [2.24, 2.45) is 0 Å². The summed E-state index contributed by atoms with van der Waals surface area (Å²) in [5, 5.41) is 0.205. The van der Waals surface area contributed by atoms with Gasteiger partial charge in [-0.15, -0.1) is 0 Å². The van der Waals surface area contributed by atoms with E-state index in [0.29, 0.717) is 16.9 Å². The molecule has 0 atom stereocenters. The molecule has 0 unspecified atom stereocenters. The first kappa shape index (κ1) is 15.0. The molecule has 3 rings (SSSR count). The number of carbonyl (C=O) groups is 1. The van der Waals surface area contributed by atoms with Crippen LogP contribution in [0.25, 0.3) is 22.3 Å². The molecule has 4 nitrogen and oxygen atoms in total. The second kappa shape index (κ2) is 5.68. The highest BCUT2D eigenvalue weighted by Crippen LogP contribution is 2.29. The first-order chi connectivity index (χ1) is 10.9. The standard InChI is InChI=1S/C18H13FO4/c1-10-7-16(22-11(2)20)18-14(21)9-15(23-17(18)8-10)12-3-5-13(19)6-4-12/h3-9H,1-2H3. The van der Waals surface area contributed by atoms with E-state index in [1.807, 2.05) is 0 Å². The van der Waals surface area contributed by atoms with Crippen LogP contribution in [0.5, 0.6) is 5.75 Å². The van der Waals surface area contributed by atoms with Gasteiger partial charge in [-0.25, -0.2) is 4.39 Å². The highest BCUT2D eigenvalue weighted by atomic mass is 19.1. The summed E-state index contributed by atoms with van der Waals surface area (Å²) in [6.45, 7) is 3.07. The first-order valence-corrected chi connectivity index (χ1v) is 6.97. The third-order valence-corrected chi connectivity index (χ3v) is 3.32. The van der Waals surface area contributed by atoms with Crippen molar-refractivity contribution in [3.05, 3.63) is 64.1 Å². The van der Waals surface area contributed by atoms with Crippen molar-refractivity contribution in [2.45, 2.75) is 13.8 Å². The molecule has 0 bridgehead atoms. The zero-order chi connectivity index (χ0) is 16.6. The molecule has 1 aromatic heterocycles. The highest BCUT2D eigenvalue weighted by Gasteiger charge is 2.14. The number of rotatable bonds is 2. The molecule has 0 amide bonds. The normalized spacial score (nSPS) is 10.7. The predicted octanol–water partition coefficient (Wildman–Crippen LogP) is 3.83. The molecule has 2 aromatic carbocycles. The monoisotopic (exact) mass is 312 g/mol. The van der Waals surface area contributed by atoms with Crippen LogP contribution < -0.4 is 10.2 Å². The largest absolute Gasteiger partial charge is 0.456 e. The van der Waals surface area contributed by atoms with Gasteiger partial charge in [-0.05, 0) is 48.9 Å². The maximum Gasteiger partial charge on any atom is 0.308 e. The van der Waals surface area contributed by atoms with Crippen LogP contribution in [0, 0.1) is 12.7 Å². The van der Waals surface area contributed by atoms with Gasteiger partial charge in [0.15, 0.2) is 5.43 Å². The number of carbonyl (C=O) groups excluding carboxylic acids is 1. The Morgan fingerprint density at radius 1 is 1.13 bits per heavy atom. The number of halogens is 1. The maximum absolute atomic E-state index is 13.0. The van der Waals surface area contributed by atoms with Gasteiger partial charge in [-0.1, -0.05) is 0 Å². The Hall–Kier alpha value is -2.95. The Kier molecular flexibility index (Phi) is 3.70. The van der Waals surface area contributed by atoms with Crippen LogP contribution in [0.3, 0.4) is 0 Å². The van der Waals surface area contributed by atoms with E-state index in [4.69, 9.17) is 9.15 Å². The van der Waals surface area contributed by atoms with Crippen LogP contribution in [0.2, 0.25) is 0 Å². The summed E-state index contributed by atoms with van der Waals surface area (Å²) in [5.74, 6) is -0.391. The van der Waals surface area contributed by atoms with E-state index in [0.717, 1.165) is 5.56 Å². The number of fused-ring (bicyclic) bond motifs is 1. The second-order valence-corrected chi connectivity index (χ2v) is 5.21. The smallest absolute Gasteiger partial charge is 0.308 e.